The van der Waals surface area contributed by atoms with E-state index in [0.717, 1.165) is 12.1 Å². The summed E-state index contributed by atoms with van der Waals surface area (Å²) in [6.07, 6.45) is 0.431. The Morgan fingerprint density at radius 2 is 1.92 bits per heavy atom. The zero-order valence-corrected chi connectivity index (χ0v) is 6.93. The Balaban J connectivity index is 3.21. The first kappa shape index (κ1) is 9.83. The second-order valence-electron chi connectivity index (χ2n) is 2.81. The van der Waals surface area contributed by atoms with Crippen molar-refractivity contribution in [1.82, 2.24) is 0 Å². The molecule has 0 bridgehead atoms. The topological polar surface area (TPSA) is 17.1 Å². The fourth-order valence-corrected chi connectivity index (χ4v) is 0.990. The van der Waals surface area contributed by atoms with Gasteiger partial charge in [0.2, 0.25) is 0 Å². The molecule has 0 aliphatic rings. The lowest BCUT2D eigenvalue weighted by Crippen LogP contribution is -2.34. The first-order valence-electron chi connectivity index (χ1n) is 3.71. The highest BCUT2D eigenvalue weighted by Crippen LogP contribution is 2.11. The summed E-state index contributed by atoms with van der Waals surface area (Å²) in [6, 6.07) is 3.17. The molecule has 13 heavy (non-hydrogen) atoms. The van der Waals surface area contributed by atoms with Crippen LogP contribution in [0.25, 0.3) is 0 Å². The van der Waals surface area contributed by atoms with Crippen LogP contribution in [0.2, 0.25) is 0 Å². The van der Waals surface area contributed by atoms with Gasteiger partial charge >= 0.3 is 6.98 Å². The molecule has 0 saturated carbocycles. The Bertz CT molecular complexity index is 333. The molecule has 0 spiro atoms. The standard InChI is InChI=1S/C8H7BF3O/c1-6-2-3-8(9(10,11)12)4-7(6)5-13/h2-5H,1H3/q-1. The second-order valence-corrected chi connectivity index (χ2v) is 2.81. The van der Waals surface area contributed by atoms with Gasteiger partial charge in [0.05, 0.1) is 0 Å². The second kappa shape index (κ2) is 3.24. The van der Waals surface area contributed by atoms with E-state index in [9.17, 15) is 17.7 Å². The van der Waals surface area contributed by atoms with E-state index >= 15 is 0 Å². The fraction of sp³-hybridized carbons (Fsp3) is 0.125. The Labute approximate surface area is 73.6 Å². The molecule has 5 heteroatoms. The van der Waals surface area contributed by atoms with Crippen molar-refractivity contribution in [2.75, 3.05) is 0 Å². The van der Waals surface area contributed by atoms with Crippen LogP contribution in [0.15, 0.2) is 18.2 Å². The molecule has 0 aromatic heterocycles. The van der Waals surface area contributed by atoms with Crippen molar-refractivity contribution in [3.8, 4) is 0 Å². The summed E-state index contributed by atoms with van der Waals surface area (Å²) in [6.45, 7) is -3.41. The summed E-state index contributed by atoms with van der Waals surface area (Å²) in [5.74, 6) is 0. The van der Waals surface area contributed by atoms with Crippen molar-refractivity contribution in [2.45, 2.75) is 6.92 Å². The molecule has 0 amide bonds. The molecule has 1 aromatic carbocycles. The zero-order valence-electron chi connectivity index (χ0n) is 6.93. The van der Waals surface area contributed by atoms with Gasteiger partial charge in [-0.25, -0.2) is 0 Å². The molecular weight excluding hydrogens is 180 g/mol. The van der Waals surface area contributed by atoms with Crippen molar-refractivity contribution >= 4 is 18.7 Å². The number of carbonyl (C=O) groups is 1. The first-order chi connectivity index (χ1) is 5.95. The largest absolute Gasteiger partial charge is 0.509 e. The minimum Gasteiger partial charge on any atom is -0.445 e. The summed E-state index contributed by atoms with van der Waals surface area (Å²) in [7, 11) is 0. The Kier molecular flexibility index (Phi) is 2.45. The van der Waals surface area contributed by atoms with E-state index in [0.29, 0.717) is 11.8 Å². The Hall–Kier alpha value is -1.26. The van der Waals surface area contributed by atoms with E-state index in [1.807, 2.05) is 0 Å². The SMILES string of the molecule is Cc1ccc([B-](F)(F)F)cc1C=O. The van der Waals surface area contributed by atoms with Crippen LogP contribution in [0.3, 0.4) is 0 Å². The number of rotatable bonds is 2. The van der Waals surface area contributed by atoms with Crippen LogP contribution in [0.4, 0.5) is 12.9 Å². The lowest BCUT2D eigenvalue weighted by molar-refractivity contribution is 0.112. The smallest absolute Gasteiger partial charge is 0.445 e. The van der Waals surface area contributed by atoms with Gasteiger partial charge in [0.1, 0.15) is 6.29 Å². The minimum atomic E-state index is -5.00. The summed E-state index contributed by atoms with van der Waals surface area (Å²) in [5, 5.41) is 0. The molecule has 0 heterocycles. The van der Waals surface area contributed by atoms with E-state index in [1.165, 1.54) is 6.07 Å². The van der Waals surface area contributed by atoms with Gasteiger partial charge in [-0.05, 0) is 12.5 Å². The maximum absolute atomic E-state index is 12.2. The number of hydrogen-bond acceptors (Lipinski definition) is 1. The third-order valence-corrected chi connectivity index (χ3v) is 1.81. The number of hydrogen-bond donors (Lipinski definition) is 0. The van der Waals surface area contributed by atoms with Gasteiger partial charge in [-0.15, -0.1) is 5.46 Å². The third kappa shape index (κ3) is 2.11. The molecule has 0 aliphatic carbocycles. The molecule has 1 aromatic rings. The van der Waals surface area contributed by atoms with Crippen molar-refractivity contribution in [3.63, 3.8) is 0 Å². The van der Waals surface area contributed by atoms with Gasteiger partial charge in [0, 0.05) is 5.56 Å². The number of aryl methyl sites for hydroxylation is 1. The van der Waals surface area contributed by atoms with E-state index in [1.54, 1.807) is 6.92 Å². The quantitative estimate of drug-likeness (QED) is 0.510. The number of halogens is 3. The lowest BCUT2D eigenvalue weighted by atomic mass is 9.79. The average molecular weight is 187 g/mol. The highest BCUT2D eigenvalue weighted by atomic mass is 19.4. The molecule has 0 aliphatic heterocycles. The Morgan fingerprint density at radius 3 is 2.38 bits per heavy atom. The molecule has 0 saturated heterocycles. The summed E-state index contributed by atoms with van der Waals surface area (Å²) in [4.78, 5) is 10.3. The normalized spacial score (nSPS) is 11.4. The lowest BCUT2D eigenvalue weighted by Gasteiger charge is -2.15. The zero-order chi connectivity index (χ0) is 10.1. The van der Waals surface area contributed by atoms with Crippen molar-refractivity contribution in [2.24, 2.45) is 0 Å². The maximum atomic E-state index is 12.2. The van der Waals surface area contributed by atoms with Crippen molar-refractivity contribution < 1.29 is 17.7 Å². The highest BCUT2D eigenvalue weighted by Gasteiger charge is 2.25. The number of carbonyl (C=O) groups excluding carboxylic acids is 1. The summed E-state index contributed by atoms with van der Waals surface area (Å²) < 4.78 is 36.5. The molecule has 0 atom stereocenters. The van der Waals surface area contributed by atoms with Crippen LogP contribution in [0.1, 0.15) is 15.9 Å². The molecule has 0 radical (unpaired) electrons. The highest BCUT2D eigenvalue weighted by molar-refractivity contribution is 6.73. The predicted molar refractivity (Wildman–Crippen MR) is 45.3 cm³/mol. The van der Waals surface area contributed by atoms with E-state index in [4.69, 9.17) is 0 Å². The number of benzene rings is 1. The molecule has 1 rings (SSSR count). The van der Waals surface area contributed by atoms with Gasteiger partial charge in [-0.1, -0.05) is 18.2 Å². The summed E-state index contributed by atoms with van der Waals surface area (Å²) >= 11 is 0. The van der Waals surface area contributed by atoms with Crippen molar-refractivity contribution in [3.05, 3.63) is 29.3 Å². The van der Waals surface area contributed by atoms with Gasteiger partial charge in [0.15, 0.2) is 0 Å². The first-order valence-corrected chi connectivity index (χ1v) is 3.71. The van der Waals surface area contributed by atoms with Crippen LogP contribution in [-0.2, 0) is 0 Å². The molecule has 0 unspecified atom stereocenters. The van der Waals surface area contributed by atoms with E-state index < -0.39 is 12.4 Å². The maximum Gasteiger partial charge on any atom is 0.509 e. The number of aldehydes is 1. The van der Waals surface area contributed by atoms with Crippen LogP contribution < -0.4 is 5.46 Å². The van der Waals surface area contributed by atoms with Gasteiger partial charge < -0.3 is 12.9 Å². The monoisotopic (exact) mass is 187 g/mol. The van der Waals surface area contributed by atoms with Gasteiger partial charge in [0.25, 0.3) is 0 Å². The Morgan fingerprint density at radius 1 is 1.31 bits per heavy atom. The van der Waals surface area contributed by atoms with E-state index in [-0.39, 0.29) is 5.56 Å². The molecule has 1 nitrogen and oxygen atoms in total. The third-order valence-electron chi connectivity index (χ3n) is 1.81. The van der Waals surface area contributed by atoms with Crippen LogP contribution >= 0.6 is 0 Å². The minimum absolute atomic E-state index is 0.0942. The van der Waals surface area contributed by atoms with Gasteiger partial charge in [-0.3, -0.25) is 4.79 Å². The predicted octanol–water partition coefficient (Wildman–Crippen LogP) is 1.86. The fourth-order valence-electron chi connectivity index (χ4n) is 0.990. The van der Waals surface area contributed by atoms with Crippen LogP contribution in [0.5, 0.6) is 0 Å². The molecule has 70 valence electrons. The van der Waals surface area contributed by atoms with Gasteiger partial charge in [-0.2, -0.15) is 0 Å². The van der Waals surface area contributed by atoms with Crippen molar-refractivity contribution in [1.29, 1.82) is 0 Å². The summed E-state index contributed by atoms with van der Waals surface area (Å²) in [5.41, 5.74) is -0.0804. The molecule has 0 fully saturated rings. The molecule has 0 N–H and O–H groups in total. The average Bonchev–Trinajstić information content (AvgIpc) is 2.03. The van der Waals surface area contributed by atoms with Crippen LogP contribution in [0, 0.1) is 6.92 Å². The molecular formula is C8H7BF3O-. The van der Waals surface area contributed by atoms with Crippen LogP contribution in [-0.4, -0.2) is 13.3 Å². The van der Waals surface area contributed by atoms with E-state index in [2.05, 4.69) is 0 Å².